The van der Waals surface area contributed by atoms with Gasteiger partial charge >= 0.3 is 0 Å². The van der Waals surface area contributed by atoms with Crippen molar-refractivity contribution in [2.75, 3.05) is 45.2 Å². The zero-order chi connectivity index (χ0) is 17.6. The molecule has 134 valence electrons. The maximum atomic E-state index is 12.1. The number of likely N-dealkylation sites (N-methyl/N-ethyl adjacent to an activating group) is 1. The van der Waals surface area contributed by atoms with Crippen molar-refractivity contribution in [3.63, 3.8) is 0 Å². The van der Waals surface area contributed by atoms with E-state index in [9.17, 15) is 4.79 Å². The standard InChI is InChI=1S/C18H23ClN4OS/c1-21-8-7-18(6-5-16(21)24)12-23(10-9-22(18)2)17-20-14-4-3-13(19)11-15(14)25-17/h3-4,11H,5-10,12H2,1-2H3/t18-/m1/s1. The highest BCUT2D eigenvalue weighted by Crippen LogP contribution is 2.37. The first-order chi connectivity index (χ1) is 12.0. The molecule has 3 heterocycles. The summed E-state index contributed by atoms with van der Waals surface area (Å²) in [6.45, 7) is 3.72. The summed E-state index contributed by atoms with van der Waals surface area (Å²) in [6, 6.07) is 5.87. The molecule has 4 rings (SSSR count). The van der Waals surface area contributed by atoms with E-state index < -0.39 is 0 Å². The van der Waals surface area contributed by atoms with E-state index >= 15 is 0 Å². The third-order valence-corrected chi connectivity index (χ3v) is 7.07. The summed E-state index contributed by atoms with van der Waals surface area (Å²) in [7, 11) is 4.12. The number of fused-ring (bicyclic) bond motifs is 1. The maximum Gasteiger partial charge on any atom is 0.222 e. The number of likely N-dealkylation sites (tertiary alicyclic amines) is 1. The number of carbonyl (C=O) groups excluding carboxylic acids is 1. The largest absolute Gasteiger partial charge is 0.346 e. The molecule has 5 nitrogen and oxygen atoms in total. The summed E-state index contributed by atoms with van der Waals surface area (Å²) in [5.74, 6) is 0.261. The van der Waals surface area contributed by atoms with Crippen molar-refractivity contribution in [3.8, 4) is 0 Å². The molecule has 1 amide bonds. The molecule has 2 aliphatic rings. The average molecular weight is 379 g/mol. The van der Waals surface area contributed by atoms with Gasteiger partial charge in [-0.3, -0.25) is 9.69 Å². The normalized spacial score (nSPS) is 25.8. The van der Waals surface area contributed by atoms with Crippen LogP contribution in [-0.4, -0.2) is 66.5 Å². The van der Waals surface area contributed by atoms with E-state index in [2.05, 4.69) is 16.8 Å². The van der Waals surface area contributed by atoms with Crippen LogP contribution in [0.5, 0.6) is 0 Å². The lowest BCUT2D eigenvalue weighted by atomic mass is 9.86. The van der Waals surface area contributed by atoms with Crippen LogP contribution in [0.2, 0.25) is 5.02 Å². The van der Waals surface area contributed by atoms with Gasteiger partial charge in [-0.05, 0) is 38.1 Å². The smallest absolute Gasteiger partial charge is 0.222 e. The van der Waals surface area contributed by atoms with Crippen LogP contribution in [0.1, 0.15) is 19.3 Å². The van der Waals surface area contributed by atoms with Crippen molar-refractivity contribution in [3.05, 3.63) is 23.2 Å². The number of hydrogen-bond donors (Lipinski definition) is 0. The first-order valence-electron chi connectivity index (χ1n) is 8.73. The van der Waals surface area contributed by atoms with Gasteiger partial charge in [0.25, 0.3) is 0 Å². The number of thiazole rings is 1. The Balaban J connectivity index is 1.62. The number of aromatic nitrogens is 1. The van der Waals surface area contributed by atoms with E-state index in [0.29, 0.717) is 6.42 Å². The SMILES string of the molecule is CN1CC[C@]2(CCC1=O)CN(c1nc3ccc(Cl)cc3s1)CCN2C. The quantitative estimate of drug-likeness (QED) is 0.764. The van der Waals surface area contributed by atoms with Crippen molar-refractivity contribution in [2.45, 2.75) is 24.8 Å². The fourth-order valence-electron chi connectivity index (χ4n) is 3.94. The van der Waals surface area contributed by atoms with Crippen molar-refractivity contribution in [2.24, 2.45) is 0 Å². The highest BCUT2D eigenvalue weighted by molar-refractivity contribution is 7.22. The van der Waals surface area contributed by atoms with E-state index in [-0.39, 0.29) is 11.4 Å². The minimum atomic E-state index is 0.0498. The molecule has 2 aliphatic heterocycles. The highest BCUT2D eigenvalue weighted by Gasteiger charge is 2.42. The Morgan fingerprint density at radius 2 is 2.04 bits per heavy atom. The molecule has 1 atom stereocenters. The maximum absolute atomic E-state index is 12.1. The van der Waals surface area contributed by atoms with Gasteiger partial charge in [0.15, 0.2) is 5.13 Å². The van der Waals surface area contributed by atoms with Crippen molar-refractivity contribution < 1.29 is 4.79 Å². The highest BCUT2D eigenvalue weighted by atomic mass is 35.5. The van der Waals surface area contributed by atoms with Gasteiger partial charge in [-0.25, -0.2) is 4.98 Å². The minimum Gasteiger partial charge on any atom is -0.346 e. The second-order valence-electron chi connectivity index (χ2n) is 7.24. The average Bonchev–Trinajstić information content (AvgIpc) is 2.96. The molecule has 0 unspecified atom stereocenters. The van der Waals surface area contributed by atoms with Crippen LogP contribution in [-0.2, 0) is 4.79 Å². The van der Waals surface area contributed by atoms with Crippen LogP contribution >= 0.6 is 22.9 Å². The predicted molar refractivity (Wildman–Crippen MR) is 104 cm³/mol. The van der Waals surface area contributed by atoms with Crippen molar-refractivity contribution >= 4 is 44.2 Å². The Morgan fingerprint density at radius 3 is 2.88 bits per heavy atom. The van der Waals surface area contributed by atoms with Gasteiger partial charge in [0, 0.05) is 50.2 Å². The van der Waals surface area contributed by atoms with Crippen molar-refractivity contribution in [1.29, 1.82) is 0 Å². The molecule has 1 spiro atoms. The molecule has 0 bridgehead atoms. The molecule has 0 N–H and O–H groups in total. The zero-order valence-corrected chi connectivity index (χ0v) is 16.2. The summed E-state index contributed by atoms with van der Waals surface area (Å²) in [5.41, 5.74) is 1.06. The van der Waals surface area contributed by atoms with Gasteiger partial charge in [-0.15, -0.1) is 0 Å². The molecule has 7 heteroatoms. The van der Waals surface area contributed by atoms with E-state index in [4.69, 9.17) is 16.6 Å². The number of piperazine rings is 1. The molecule has 0 aliphatic carbocycles. The van der Waals surface area contributed by atoms with Gasteiger partial charge in [0.1, 0.15) is 0 Å². The number of hydrogen-bond acceptors (Lipinski definition) is 5. The lowest BCUT2D eigenvalue weighted by molar-refractivity contribution is -0.129. The fourth-order valence-corrected chi connectivity index (χ4v) is 5.21. The molecular weight excluding hydrogens is 356 g/mol. The summed E-state index contributed by atoms with van der Waals surface area (Å²) in [4.78, 5) is 23.7. The number of nitrogens with zero attached hydrogens (tertiary/aromatic N) is 4. The van der Waals surface area contributed by atoms with Gasteiger partial charge in [-0.2, -0.15) is 0 Å². The number of halogens is 1. The minimum absolute atomic E-state index is 0.0498. The summed E-state index contributed by atoms with van der Waals surface area (Å²) in [6.07, 6.45) is 2.56. The van der Waals surface area contributed by atoms with E-state index in [0.717, 1.165) is 59.4 Å². The predicted octanol–water partition coefficient (Wildman–Crippen LogP) is 3.08. The van der Waals surface area contributed by atoms with Crippen LogP contribution in [0.4, 0.5) is 5.13 Å². The molecule has 1 aromatic carbocycles. The Morgan fingerprint density at radius 1 is 1.20 bits per heavy atom. The fraction of sp³-hybridized carbons (Fsp3) is 0.556. The molecule has 0 radical (unpaired) electrons. The number of anilines is 1. The van der Waals surface area contributed by atoms with Crippen LogP contribution in [0.3, 0.4) is 0 Å². The second kappa shape index (κ2) is 6.41. The number of carbonyl (C=O) groups is 1. The van der Waals surface area contributed by atoms with Crippen LogP contribution < -0.4 is 4.90 Å². The van der Waals surface area contributed by atoms with Crippen LogP contribution in [0, 0.1) is 0 Å². The Labute approximate surface area is 157 Å². The lowest BCUT2D eigenvalue weighted by Gasteiger charge is -2.49. The molecule has 1 aromatic heterocycles. The van der Waals surface area contributed by atoms with Crippen LogP contribution in [0.25, 0.3) is 10.2 Å². The summed E-state index contributed by atoms with van der Waals surface area (Å²) < 4.78 is 1.13. The van der Waals surface area contributed by atoms with Gasteiger partial charge in [-0.1, -0.05) is 22.9 Å². The molecule has 2 fully saturated rings. The molecule has 2 saturated heterocycles. The Hall–Kier alpha value is -1.37. The molecular formula is C18H23ClN4OS. The molecule has 25 heavy (non-hydrogen) atoms. The molecule has 2 aromatic rings. The van der Waals surface area contributed by atoms with E-state index in [1.807, 2.05) is 30.1 Å². The Kier molecular flexibility index (Phi) is 4.38. The first kappa shape index (κ1) is 17.1. The third kappa shape index (κ3) is 3.11. The summed E-state index contributed by atoms with van der Waals surface area (Å²) >= 11 is 7.82. The second-order valence-corrected chi connectivity index (χ2v) is 8.69. The van der Waals surface area contributed by atoms with Crippen molar-refractivity contribution in [1.82, 2.24) is 14.8 Å². The topological polar surface area (TPSA) is 39.7 Å². The number of amides is 1. The third-order valence-electron chi connectivity index (χ3n) is 5.75. The van der Waals surface area contributed by atoms with Gasteiger partial charge in [0.2, 0.25) is 5.91 Å². The van der Waals surface area contributed by atoms with Gasteiger partial charge in [0.05, 0.1) is 10.2 Å². The lowest BCUT2D eigenvalue weighted by Crippen LogP contribution is -2.61. The van der Waals surface area contributed by atoms with E-state index in [1.165, 1.54) is 0 Å². The zero-order valence-electron chi connectivity index (χ0n) is 14.7. The van der Waals surface area contributed by atoms with Crippen LogP contribution in [0.15, 0.2) is 18.2 Å². The number of benzene rings is 1. The first-order valence-corrected chi connectivity index (χ1v) is 9.93. The molecule has 0 saturated carbocycles. The number of rotatable bonds is 1. The summed E-state index contributed by atoms with van der Waals surface area (Å²) in [5, 5.41) is 1.82. The van der Waals surface area contributed by atoms with Gasteiger partial charge < -0.3 is 9.80 Å². The Bertz CT molecular complexity index is 809. The monoisotopic (exact) mass is 378 g/mol. The van der Waals surface area contributed by atoms with E-state index in [1.54, 1.807) is 11.3 Å².